The highest BCUT2D eigenvalue weighted by atomic mass is 19.2. The summed E-state index contributed by atoms with van der Waals surface area (Å²) in [6.45, 7) is 6.23. The number of nitrogens with zero attached hydrogens (tertiary/aromatic N) is 1. The molecule has 0 saturated carbocycles. The minimum absolute atomic E-state index is 0.283. The molecule has 3 heteroatoms. The SMILES string of the molecule is Cc1ccc2c(c1)cc(C(C)C)n2-c1ccc(F)c(F)c1. The smallest absolute Gasteiger partial charge is 0.160 e. The molecule has 108 valence electrons. The molecule has 2 aromatic carbocycles. The average molecular weight is 285 g/mol. The van der Waals surface area contributed by atoms with E-state index in [1.54, 1.807) is 6.07 Å². The van der Waals surface area contributed by atoms with Crippen molar-refractivity contribution >= 4 is 10.9 Å². The molecule has 0 fully saturated rings. The molecule has 0 amide bonds. The monoisotopic (exact) mass is 285 g/mol. The van der Waals surface area contributed by atoms with Crippen molar-refractivity contribution in [3.63, 3.8) is 0 Å². The van der Waals surface area contributed by atoms with E-state index in [-0.39, 0.29) is 5.92 Å². The molecular weight excluding hydrogens is 268 g/mol. The Bertz CT molecular complexity index is 815. The molecule has 1 nitrogen and oxygen atoms in total. The van der Waals surface area contributed by atoms with Crippen LogP contribution in [0.3, 0.4) is 0 Å². The molecule has 0 bridgehead atoms. The van der Waals surface area contributed by atoms with Crippen LogP contribution in [0, 0.1) is 18.6 Å². The first-order valence-electron chi connectivity index (χ1n) is 7.05. The van der Waals surface area contributed by atoms with Crippen molar-refractivity contribution in [2.75, 3.05) is 0 Å². The standard InChI is InChI=1S/C18H17F2N/c1-11(2)18-9-13-8-12(3)4-7-17(13)21(18)14-5-6-15(19)16(20)10-14/h4-11H,1-3H3. The van der Waals surface area contributed by atoms with E-state index in [1.165, 1.54) is 17.7 Å². The predicted molar refractivity (Wildman–Crippen MR) is 82.0 cm³/mol. The molecule has 0 atom stereocenters. The Hall–Kier alpha value is -2.16. The summed E-state index contributed by atoms with van der Waals surface area (Å²) in [6.07, 6.45) is 0. The average Bonchev–Trinajstić information content (AvgIpc) is 2.80. The number of aromatic nitrogens is 1. The Balaban J connectivity index is 2.33. The van der Waals surface area contributed by atoms with Gasteiger partial charge in [0.05, 0.1) is 5.52 Å². The van der Waals surface area contributed by atoms with Crippen molar-refractivity contribution in [3.05, 3.63) is 65.4 Å². The number of benzene rings is 2. The van der Waals surface area contributed by atoms with Crippen LogP contribution >= 0.6 is 0 Å². The van der Waals surface area contributed by atoms with Crippen molar-refractivity contribution in [1.29, 1.82) is 0 Å². The van der Waals surface area contributed by atoms with Gasteiger partial charge in [-0.3, -0.25) is 0 Å². The molecule has 3 aromatic rings. The third-order valence-electron chi connectivity index (χ3n) is 3.74. The number of aryl methyl sites for hydroxylation is 1. The highest BCUT2D eigenvalue weighted by Gasteiger charge is 2.14. The van der Waals surface area contributed by atoms with Crippen molar-refractivity contribution < 1.29 is 8.78 Å². The van der Waals surface area contributed by atoms with Crippen LogP contribution in [0.15, 0.2) is 42.5 Å². The van der Waals surface area contributed by atoms with Gasteiger partial charge in [-0.25, -0.2) is 8.78 Å². The topological polar surface area (TPSA) is 4.93 Å². The van der Waals surface area contributed by atoms with Crippen LogP contribution in [0.1, 0.15) is 31.0 Å². The molecule has 0 radical (unpaired) electrons. The fraction of sp³-hybridized carbons (Fsp3) is 0.222. The Labute approximate surface area is 122 Å². The number of rotatable bonds is 2. The Morgan fingerprint density at radius 1 is 0.905 bits per heavy atom. The first-order chi connectivity index (χ1) is 9.97. The van der Waals surface area contributed by atoms with E-state index >= 15 is 0 Å². The van der Waals surface area contributed by atoms with E-state index in [1.807, 2.05) is 23.6 Å². The summed E-state index contributed by atoms with van der Waals surface area (Å²) in [5, 5.41) is 1.11. The van der Waals surface area contributed by atoms with Gasteiger partial charge in [0.2, 0.25) is 0 Å². The molecule has 0 saturated heterocycles. The van der Waals surface area contributed by atoms with Gasteiger partial charge < -0.3 is 4.57 Å². The van der Waals surface area contributed by atoms with Gasteiger partial charge in [0, 0.05) is 22.8 Å². The van der Waals surface area contributed by atoms with Crippen molar-refractivity contribution in [2.24, 2.45) is 0 Å². The number of halogens is 2. The lowest BCUT2D eigenvalue weighted by Crippen LogP contribution is -2.02. The van der Waals surface area contributed by atoms with Crippen molar-refractivity contribution in [2.45, 2.75) is 26.7 Å². The number of fused-ring (bicyclic) bond motifs is 1. The molecule has 0 aliphatic rings. The maximum atomic E-state index is 13.6. The van der Waals surface area contributed by atoms with Crippen LogP contribution in [-0.2, 0) is 0 Å². The van der Waals surface area contributed by atoms with Crippen LogP contribution < -0.4 is 0 Å². The first-order valence-corrected chi connectivity index (χ1v) is 7.05. The molecule has 0 spiro atoms. The van der Waals surface area contributed by atoms with Gasteiger partial charge in [-0.15, -0.1) is 0 Å². The van der Waals surface area contributed by atoms with Gasteiger partial charge in [0.25, 0.3) is 0 Å². The molecule has 1 aromatic heterocycles. The zero-order chi connectivity index (χ0) is 15.1. The zero-order valence-electron chi connectivity index (χ0n) is 12.3. The fourth-order valence-corrected chi connectivity index (χ4v) is 2.69. The van der Waals surface area contributed by atoms with E-state index in [0.29, 0.717) is 5.69 Å². The lowest BCUT2D eigenvalue weighted by atomic mass is 10.1. The molecule has 0 N–H and O–H groups in total. The third-order valence-corrected chi connectivity index (χ3v) is 3.74. The second-order valence-corrected chi connectivity index (χ2v) is 5.72. The van der Waals surface area contributed by atoms with Gasteiger partial charge in [-0.2, -0.15) is 0 Å². The Kier molecular flexibility index (Phi) is 3.28. The zero-order valence-corrected chi connectivity index (χ0v) is 12.3. The van der Waals surface area contributed by atoms with Gasteiger partial charge in [0.15, 0.2) is 11.6 Å². The van der Waals surface area contributed by atoms with E-state index in [0.717, 1.165) is 16.6 Å². The third kappa shape index (κ3) is 2.33. The second-order valence-electron chi connectivity index (χ2n) is 5.72. The maximum absolute atomic E-state index is 13.6. The minimum Gasteiger partial charge on any atom is -0.313 e. The minimum atomic E-state index is -0.823. The van der Waals surface area contributed by atoms with E-state index in [9.17, 15) is 8.78 Å². The summed E-state index contributed by atoms with van der Waals surface area (Å²) in [5.41, 5.74) is 3.92. The van der Waals surface area contributed by atoms with E-state index in [2.05, 4.69) is 26.0 Å². The van der Waals surface area contributed by atoms with Gasteiger partial charge >= 0.3 is 0 Å². The Morgan fingerprint density at radius 2 is 1.67 bits per heavy atom. The summed E-state index contributed by atoms with van der Waals surface area (Å²) in [7, 11) is 0. The largest absolute Gasteiger partial charge is 0.313 e. The molecule has 0 aliphatic heterocycles. The normalized spacial score (nSPS) is 11.5. The summed E-state index contributed by atoms with van der Waals surface area (Å²) < 4.78 is 28.8. The number of hydrogen-bond acceptors (Lipinski definition) is 0. The quantitative estimate of drug-likeness (QED) is 0.599. The first kappa shape index (κ1) is 13.8. The fourth-order valence-electron chi connectivity index (χ4n) is 2.69. The predicted octanol–water partition coefficient (Wildman–Crippen LogP) is 5.34. The van der Waals surface area contributed by atoms with Crippen LogP contribution in [0.5, 0.6) is 0 Å². The molecule has 3 rings (SSSR count). The van der Waals surface area contributed by atoms with Crippen LogP contribution in [0.2, 0.25) is 0 Å². The Morgan fingerprint density at radius 3 is 2.33 bits per heavy atom. The van der Waals surface area contributed by atoms with E-state index in [4.69, 9.17) is 0 Å². The van der Waals surface area contributed by atoms with Gasteiger partial charge in [-0.1, -0.05) is 25.5 Å². The van der Waals surface area contributed by atoms with Gasteiger partial charge in [0.1, 0.15) is 0 Å². The van der Waals surface area contributed by atoms with E-state index < -0.39 is 11.6 Å². The van der Waals surface area contributed by atoms with Gasteiger partial charge in [-0.05, 0) is 43.2 Å². The summed E-state index contributed by atoms with van der Waals surface area (Å²) >= 11 is 0. The molecule has 0 aliphatic carbocycles. The van der Waals surface area contributed by atoms with Crippen LogP contribution in [-0.4, -0.2) is 4.57 Å². The second kappa shape index (κ2) is 4.99. The molecule has 21 heavy (non-hydrogen) atoms. The number of hydrogen-bond donors (Lipinski definition) is 0. The summed E-state index contributed by atoms with van der Waals surface area (Å²) in [4.78, 5) is 0. The lowest BCUT2D eigenvalue weighted by molar-refractivity contribution is 0.508. The molecular formula is C18H17F2N. The highest BCUT2D eigenvalue weighted by molar-refractivity contribution is 5.84. The summed E-state index contributed by atoms with van der Waals surface area (Å²) in [6, 6.07) is 12.3. The van der Waals surface area contributed by atoms with Crippen LogP contribution in [0.25, 0.3) is 16.6 Å². The lowest BCUT2D eigenvalue weighted by Gasteiger charge is -2.13. The maximum Gasteiger partial charge on any atom is 0.160 e. The highest BCUT2D eigenvalue weighted by Crippen LogP contribution is 2.30. The molecule has 1 heterocycles. The van der Waals surface area contributed by atoms with Crippen molar-refractivity contribution in [1.82, 2.24) is 4.57 Å². The van der Waals surface area contributed by atoms with Crippen LogP contribution in [0.4, 0.5) is 8.78 Å². The van der Waals surface area contributed by atoms with Crippen molar-refractivity contribution in [3.8, 4) is 5.69 Å². The molecule has 0 unspecified atom stereocenters. The summed E-state index contributed by atoms with van der Waals surface area (Å²) in [5.74, 6) is -1.36.